The number of rotatable bonds is 2. The van der Waals surface area contributed by atoms with Crippen molar-refractivity contribution < 1.29 is 18.3 Å². The molecule has 1 atom stereocenters. The van der Waals surface area contributed by atoms with Gasteiger partial charge in [0.05, 0.1) is 6.04 Å². The van der Waals surface area contributed by atoms with Crippen molar-refractivity contribution in [2.24, 2.45) is 7.05 Å². The highest BCUT2D eigenvalue weighted by Gasteiger charge is 2.31. The Morgan fingerprint density at radius 1 is 1.50 bits per heavy atom. The van der Waals surface area contributed by atoms with Crippen molar-refractivity contribution in [3.05, 3.63) is 17.5 Å². The Hall–Kier alpha value is -1.70. The minimum absolute atomic E-state index is 0.244. The zero-order valence-electron chi connectivity index (χ0n) is 13.3. The molecule has 0 saturated carbocycles. The predicted molar refractivity (Wildman–Crippen MR) is 76.7 cm³/mol. The lowest BCUT2D eigenvalue weighted by atomic mass is 10.1. The third-order valence-corrected chi connectivity index (χ3v) is 3.30. The van der Waals surface area contributed by atoms with Gasteiger partial charge >= 0.3 is 6.09 Å². The number of aromatic nitrogens is 2. The summed E-state index contributed by atoms with van der Waals surface area (Å²) in [6.45, 7) is 6.65. The topological polar surface area (TPSA) is 59.4 Å². The molecule has 22 heavy (non-hydrogen) atoms. The van der Waals surface area contributed by atoms with Gasteiger partial charge in [-0.05, 0) is 20.8 Å². The van der Waals surface area contributed by atoms with E-state index in [0.29, 0.717) is 18.7 Å². The first kappa shape index (κ1) is 16.7. The van der Waals surface area contributed by atoms with E-state index in [4.69, 9.17) is 4.74 Å². The van der Waals surface area contributed by atoms with Crippen molar-refractivity contribution in [3.63, 3.8) is 0 Å². The molecule has 0 spiro atoms. The Labute approximate surface area is 128 Å². The Kier molecular flexibility index (Phi) is 4.69. The van der Waals surface area contributed by atoms with Crippen molar-refractivity contribution in [1.82, 2.24) is 20.0 Å². The number of halogens is 2. The molecule has 1 aromatic rings. The maximum atomic E-state index is 13.1. The van der Waals surface area contributed by atoms with E-state index in [-0.39, 0.29) is 18.3 Å². The summed E-state index contributed by atoms with van der Waals surface area (Å²) in [5, 5.41) is 6.96. The van der Waals surface area contributed by atoms with Crippen LogP contribution in [0.1, 0.15) is 44.5 Å². The summed E-state index contributed by atoms with van der Waals surface area (Å²) in [5.41, 5.74) is -0.406. The summed E-state index contributed by atoms with van der Waals surface area (Å²) in [4.78, 5) is 13.7. The van der Waals surface area contributed by atoms with Crippen LogP contribution < -0.4 is 5.32 Å². The first-order valence-corrected chi connectivity index (χ1v) is 7.20. The molecular weight excluding hydrogens is 294 g/mol. The molecule has 124 valence electrons. The summed E-state index contributed by atoms with van der Waals surface area (Å²) in [7, 11) is 1.60. The number of carbonyl (C=O) groups is 1. The van der Waals surface area contributed by atoms with Crippen LogP contribution in [0.4, 0.5) is 13.6 Å². The molecule has 6 nitrogen and oxygen atoms in total. The minimum atomic E-state index is -2.64. The number of hydrogen-bond donors (Lipinski definition) is 1. The lowest BCUT2D eigenvalue weighted by Crippen LogP contribution is -2.49. The van der Waals surface area contributed by atoms with Gasteiger partial charge in [0.1, 0.15) is 11.3 Å². The van der Waals surface area contributed by atoms with Gasteiger partial charge in [0.15, 0.2) is 0 Å². The number of aryl methyl sites for hydroxylation is 1. The molecule has 1 N–H and O–H groups in total. The molecule has 1 aromatic heterocycles. The monoisotopic (exact) mass is 316 g/mol. The van der Waals surface area contributed by atoms with E-state index >= 15 is 0 Å². The molecule has 0 aromatic carbocycles. The first-order chi connectivity index (χ1) is 10.2. The van der Waals surface area contributed by atoms with Crippen LogP contribution in [0.15, 0.2) is 6.20 Å². The van der Waals surface area contributed by atoms with Crippen molar-refractivity contribution in [2.75, 3.05) is 19.6 Å². The summed E-state index contributed by atoms with van der Waals surface area (Å²) >= 11 is 0. The zero-order chi connectivity index (χ0) is 16.5. The molecule has 0 aliphatic carbocycles. The molecule has 0 radical (unpaired) electrons. The van der Waals surface area contributed by atoms with Crippen LogP contribution in [-0.2, 0) is 11.8 Å². The SMILES string of the molecule is Cn1cc(C2CN(C(=O)OC(C)(C)C)CCN2)c(C(F)F)n1. The van der Waals surface area contributed by atoms with Gasteiger partial charge in [0.25, 0.3) is 6.43 Å². The van der Waals surface area contributed by atoms with Crippen molar-refractivity contribution in [1.29, 1.82) is 0 Å². The smallest absolute Gasteiger partial charge is 0.410 e. The lowest BCUT2D eigenvalue weighted by molar-refractivity contribution is 0.0194. The lowest BCUT2D eigenvalue weighted by Gasteiger charge is -2.34. The fourth-order valence-electron chi connectivity index (χ4n) is 2.41. The van der Waals surface area contributed by atoms with E-state index in [9.17, 15) is 13.6 Å². The van der Waals surface area contributed by atoms with Crippen molar-refractivity contribution in [3.8, 4) is 0 Å². The second kappa shape index (κ2) is 6.20. The number of ether oxygens (including phenoxy) is 1. The third-order valence-electron chi connectivity index (χ3n) is 3.30. The highest BCUT2D eigenvalue weighted by atomic mass is 19.3. The summed E-state index contributed by atoms with van der Waals surface area (Å²) in [6, 6.07) is -0.376. The standard InChI is InChI=1S/C14H22F2N4O2/c1-14(2,3)22-13(21)20-6-5-17-10(8-20)9-7-19(4)18-11(9)12(15)16/h7,10,12,17H,5-6,8H2,1-4H3. The average Bonchev–Trinajstić information content (AvgIpc) is 2.79. The van der Waals surface area contributed by atoms with E-state index in [1.807, 2.05) is 0 Å². The number of hydrogen-bond acceptors (Lipinski definition) is 4. The number of carbonyl (C=O) groups excluding carboxylic acids is 1. The number of nitrogens with zero attached hydrogens (tertiary/aromatic N) is 3. The predicted octanol–water partition coefficient (Wildman–Crippen LogP) is 2.24. The fraction of sp³-hybridized carbons (Fsp3) is 0.714. The van der Waals surface area contributed by atoms with Gasteiger partial charge in [-0.3, -0.25) is 4.68 Å². The van der Waals surface area contributed by atoms with E-state index < -0.39 is 18.1 Å². The highest BCUT2D eigenvalue weighted by Crippen LogP contribution is 2.28. The zero-order valence-corrected chi connectivity index (χ0v) is 13.3. The molecular formula is C14H22F2N4O2. The van der Waals surface area contributed by atoms with Gasteiger partial charge in [-0.15, -0.1) is 0 Å². The number of nitrogens with one attached hydrogen (secondary N) is 1. The van der Waals surface area contributed by atoms with Gasteiger partial charge < -0.3 is 15.0 Å². The number of piperazine rings is 1. The van der Waals surface area contributed by atoms with Gasteiger partial charge in [-0.1, -0.05) is 0 Å². The molecule has 2 heterocycles. The Morgan fingerprint density at radius 3 is 2.77 bits per heavy atom. The van der Waals surface area contributed by atoms with Gasteiger partial charge in [-0.2, -0.15) is 5.10 Å². The molecule has 1 amide bonds. The van der Waals surface area contributed by atoms with Crippen LogP contribution in [-0.4, -0.2) is 46.0 Å². The Bertz CT molecular complexity index is 539. The minimum Gasteiger partial charge on any atom is -0.444 e. The summed E-state index contributed by atoms with van der Waals surface area (Å²) in [6.07, 6.45) is -1.51. The summed E-state index contributed by atoms with van der Waals surface area (Å²) in [5.74, 6) is 0. The quantitative estimate of drug-likeness (QED) is 0.909. The van der Waals surface area contributed by atoms with Crippen LogP contribution >= 0.6 is 0 Å². The van der Waals surface area contributed by atoms with E-state index in [0.717, 1.165) is 0 Å². The van der Waals surface area contributed by atoms with E-state index in [2.05, 4.69) is 10.4 Å². The van der Waals surface area contributed by atoms with Gasteiger partial charge in [0, 0.05) is 38.4 Å². The van der Waals surface area contributed by atoms with Crippen molar-refractivity contribution in [2.45, 2.75) is 38.8 Å². The third kappa shape index (κ3) is 3.94. The molecule has 1 aliphatic heterocycles. The second-order valence-corrected chi connectivity index (χ2v) is 6.38. The molecule has 1 unspecified atom stereocenters. The average molecular weight is 316 g/mol. The summed E-state index contributed by atoms with van der Waals surface area (Å²) < 4.78 is 32.8. The van der Waals surface area contributed by atoms with Crippen molar-refractivity contribution >= 4 is 6.09 Å². The van der Waals surface area contributed by atoms with Gasteiger partial charge in [0.2, 0.25) is 0 Å². The molecule has 1 fully saturated rings. The number of amides is 1. The Morgan fingerprint density at radius 2 is 2.18 bits per heavy atom. The maximum absolute atomic E-state index is 13.1. The van der Waals surface area contributed by atoms with Crippen LogP contribution in [0.3, 0.4) is 0 Å². The van der Waals surface area contributed by atoms with Crippen LogP contribution in [0.5, 0.6) is 0 Å². The van der Waals surface area contributed by atoms with E-state index in [1.54, 1.807) is 34.0 Å². The maximum Gasteiger partial charge on any atom is 0.410 e. The highest BCUT2D eigenvalue weighted by molar-refractivity contribution is 5.68. The van der Waals surface area contributed by atoms with Crippen LogP contribution in [0.25, 0.3) is 0 Å². The van der Waals surface area contributed by atoms with Gasteiger partial charge in [-0.25, -0.2) is 13.6 Å². The van der Waals surface area contributed by atoms with E-state index in [1.165, 1.54) is 9.58 Å². The molecule has 8 heteroatoms. The van der Waals surface area contributed by atoms with Crippen LogP contribution in [0.2, 0.25) is 0 Å². The largest absolute Gasteiger partial charge is 0.444 e. The molecule has 2 rings (SSSR count). The fourth-order valence-corrected chi connectivity index (χ4v) is 2.41. The first-order valence-electron chi connectivity index (χ1n) is 7.20. The Balaban J connectivity index is 2.12. The molecule has 1 saturated heterocycles. The normalized spacial score (nSPS) is 19.6. The van der Waals surface area contributed by atoms with Crippen LogP contribution in [0, 0.1) is 0 Å². The number of alkyl halides is 2. The molecule has 1 aliphatic rings. The second-order valence-electron chi connectivity index (χ2n) is 6.38. The molecule has 0 bridgehead atoms.